The second kappa shape index (κ2) is 6.16. The first kappa shape index (κ1) is 14.5. The predicted molar refractivity (Wildman–Crippen MR) is 89.4 cm³/mol. The minimum atomic E-state index is -0.216. The van der Waals surface area contributed by atoms with E-state index in [0.29, 0.717) is 15.8 Å². The zero-order valence-electron chi connectivity index (χ0n) is 11.9. The lowest BCUT2D eigenvalue weighted by Gasteiger charge is -2.18. The van der Waals surface area contributed by atoms with Crippen LogP contribution in [0.25, 0.3) is 10.1 Å². The van der Waals surface area contributed by atoms with Crippen molar-refractivity contribution in [1.29, 1.82) is 0 Å². The monoisotopic (exact) mass is 320 g/mol. The van der Waals surface area contributed by atoms with Crippen molar-refractivity contribution in [3.8, 4) is 0 Å². The molecule has 3 nitrogen and oxygen atoms in total. The van der Waals surface area contributed by atoms with E-state index in [2.05, 4.69) is 17.5 Å². The Labute approximate surface area is 133 Å². The summed E-state index contributed by atoms with van der Waals surface area (Å²) in [5.41, 5.74) is 3.75. The van der Waals surface area contributed by atoms with Crippen LogP contribution in [0.1, 0.15) is 42.3 Å². The number of thiophene rings is 1. The van der Waals surface area contributed by atoms with E-state index in [1.807, 2.05) is 24.3 Å². The second-order valence-corrected chi connectivity index (χ2v) is 6.99. The number of hydrazone groups is 1. The maximum Gasteiger partial charge on any atom is 0.283 e. The predicted octanol–water partition coefficient (Wildman–Crippen LogP) is 4.85. The topological polar surface area (TPSA) is 41.5 Å². The molecule has 0 spiro atoms. The van der Waals surface area contributed by atoms with E-state index in [1.54, 1.807) is 0 Å². The van der Waals surface area contributed by atoms with Gasteiger partial charge in [0.25, 0.3) is 5.91 Å². The van der Waals surface area contributed by atoms with Crippen molar-refractivity contribution in [2.24, 2.45) is 11.0 Å². The molecule has 1 N–H and O–H groups in total. The molecule has 1 aromatic heterocycles. The first-order valence-corrected chi connectivity index (χ1v) is 8.37. The third-order valence-electron chi connectivity index (χ3n) is 3.80. The lowest BCUT2D eigenvalue weighted by molar-refractivity contribution is 0.0958. The van der Waals surface area contributed by atoms with Crippen molar-refractivity contribution < 1.29 is 4.79 Å². The van der Waals surface area contributed by atoms with E-state index in [1.165, 1.54) is 17.8 Å². The van der Waals surface area contributed by atoms with E-state index in [0.717, 1.165) is 35.1 Å². The Morgan fingerprint density at radius 1 is 1.43 bits per heavy atom. The molecule has 1 atom stereocenters. The summed E-state index contributed by atoms with van der Waals surface area (Å²) in [6, 6.07) is 7.77. The van der Waals surface area contributed by atoms with Crippen molar-refractivity contribution in [3.63, 3.8) is 0 Å². The summed E-state index contributed by atoms with van der Waals surface area (Å²) >= 11 is 7.70. The highest BCUT2D eigenvalue weighted by atomic mass is 35.5. The van der Waals surface area contributed by atoms with Gasteiger partial charge in [0.1, 0.15) is 4.88 Å². The smallest absolute Gasteiger partial charge is 0.266 e. The quantitative estimate of drug-likeness (QED) is 0.789. The lowest BCUT2D eigenvalue weighted by Crippen LogP contribution is -2.21. The van der Waals surface area contributed by atoms with Gasteiger partial charge in [-0.25, -0.2) is 5.43 Å². The third-order valence-corrected chi connectivity index (χ3v) is 5.48. The number of amides is 1. The zero-order chi connectivity index (χ0) is 14.8. The molecule has 2 aromatic rings. The van der Waals surface area contributed by atoms with E-state index < -0.39 is 0 Å². The van der Waals surface area contributed by atoms with Crippen molar-refractivity contribution in [2.45, 2.75) is 32.6 Å². The van der Waals surface area contributed by atoms with Gasteiger partial charge in [0.2, 0.25) is 0 Å². The number of hydrogen-bond donors (Lipinski definition) is 1. The van der Waals surface area contributed by atoms with E-state index in [9.17, 15) is 4.79 Å². The van der Waals surface area contributed by atoms with Crippen LogP contribution in [-0.4, -0.2) is 11.6 Å². The van der Waals surface area contributed by atoms with Gasteiger partial charge < -0.3 is 0 Å². The molecule has 0 bridgehead atoms. The molecule has 1 heterocycles. The fourth-order valence-corrected chi connectivity index (χ4v) is 4.11. The summed E-state index contributed by atoms with van der Waals surface area (Å²) in [7, 11) is 0. The van der Waals surface area contributed by atoms with Crippen molar-refractivity contribution in [3.05, 3.63) is 34.2 Å². The molecule has 1 aliphatic carbocycles. The van der Waals surface area contributed by atoms with Crippen molar-refractivity contribution in [2.75, 3.05) is 0 Å². The van der Waals surface area contributed by atoms with Gasteiger partial charge in [-0.1, -0.05) is 36.7 Å². The van der Waals surface area contributed by atoms with Crippen LogP contribution in [0.3, 0.4) is 0 Å². The largest absolute Gasteiger partial charge is 0.283 e. The minimum Gasteiger partial charge on any atom is -0.266 e. The number of carbonyl (C=O) groups is 1. The number of carbonyl (C=O) groups excluding carboxylic acids is 1. The summed E-state index contributed by atoms with van der Waals surface area (Å²) in [6.07, 6.45) is 4.35. The number of benzene rings is 1. The Balaban J connectivity index is 1.78. The lowest BCUT2D eigenvalue weighted by atomic mass is 9.89. The maximum atomic E-state index is 12.3. The summed E-state index contributed by atoms with van der Waals surface area (Å²) in [4.78, 5) is 12.8. The maximum absolute atomic E-state index is 12.3. The molecule has 1 amide bonds. The SMILES string of the molecule is C[C@@H]1CCCC(=NNC(=O)c2sc3ccccc3c2Cl)C1. The summed E-state index contributed by atoms with van der Waals surface area (Å²) < 4.78 is 1.02. The van der Waals surface area contributed by atoms with Gasteiger partial charge in [-0.15, -0.1) is 11.3 Å². The normalized spacial score (nSPS) is 20.9. The van der Waals surface area contributed by atoms with Crippen LogP contribution >= 0.6 is 22.9 Å². The summed E-state index contributed by atoms with van der Waals surface area (Å²) in [5.74, 6) is 0.439. The highest BCUT2D eigenvalue weighted by Gasteiger charge is 2.18. The Hall–Kier alpha value is -1.39. The standard InChI is InChI=1S/C16H17ClN2OS/c1-10-5-4-6-11(9-10)18-19-16(20)15-14(17)12-7-2-3-8-13(12)21-15/h2-3,7-8,10H,4-6,9H2,1H3,(H,19,20)/t10-/m1/s1. The summed E-state index contributed by atoms with van der Waals surface area (Å²) in [5, 5.41) is 5.73. The Kier molecular flexibility index (Phi) is 4.27. The van der Waals surface area contributed by atoms with Gasteiger partial charge in [-0.3, -0.25) is 4.79 Å². The molecule has 0 unspecified atom stereocenters. The van der Waals surface area contributed by atoms with Gasteiger partial charge in [0, 0.05) is 15.8 Å². The highest BCUT2D eigenvalue weighted by molar-refractivity contribution is 7.21. The van der Waals surface area contributed by atoms with Crippen molar-refractivity contribution >= 4 is 44.6 Å². The highest BCUT2D eigenvalue weighted by Crippen LogP contribution is 2.35. The fourth-order valence-electron chi connectivity index (χ4n) is 2.70. The van der Waals surface area contributed by atoms with Crippen LogP contribution in [0, 0.1) is 5.92 Å². The number of halogens is 1. The van der Waals surface area contributed by atoms with Gasteiger partial charge >= 0.3 is 0 Å². The Morgan fingerprint density at radius 3 is 3.00 bits per heavy atom. The molecule has 3 rings (SSSR count). The molecule has 0 saturated heterocycles. The zero-order valence-corrected chi connectivity index (χ0v) is 13.4. The molecule has 1 saturated carbocycles. The molecule has 0 aliphatic heterocycles. The number of nitrogens with zero attached hydrogens (tertiary/aromatic N) is 1. The number of fused-ring (bicyclic) bond motifs is 1. The third kappa shape index (κ3) is 3.11. The first-order valence-electron chi connectivity index (χ1n) is 7.18. The molecule has 1 fully saturated rings. The van der Waals surface area contributed by atoms with Crippen LogP contribution in [0.2, 0.25) is 5.02 Å². The Bertz CT molecular complexity index is 707. The molecule has 5 heteroatoms. The average Bonchev–Trinajstić information content (AvgIpc) is 2.83. The van der Waals surface area contributed by atoms with Crippen LogP contribution in [0.15, 0.2) is 29.4 Å². The molecule has 110 valence electrons. The van der Waals surface area contributed by atoms with E-state index >= 15 is 0 Å². The number of nitrogens with one attached hydrogen (secondary N) is 1. The molecular weight excluding hydrogens is 304 g/mol. The van der Waals surface area contributed by atoms with Crippen LogP contribution in [-0.2, 0) is 0 Å². The second-order valence-electron chi connectivity index (χ2n) is 5.56. The number of rotatable bonds is 2. The van der Waals surface area contributed by atoms with E-state index in [-0.39, 0.29) is 5.91 Å². The molecule has 21 heavy (non-hydrogen) atoms. The molecule has 1 aromatic carbocycles. The van der Waals surface area contributed by atoms with Crippen LogP contribution in [0.5, 0.6) is 0 Å². The molecule has 0 radical (unpaired) electrons. The van der Waals surface area contributed by atoms with Crippen molar-refractivity contribution in [1.82, 2.24) is 5.43 Å². The van der Waals surface area contributed by atoms with Gasteiger partial charge in [0.05, 0.1) is 5.02 Å². The van der Waals surface area contributed by atoms with Crippen LogP contribution < -0.4 is 5.43 Å². The number of hydrogen-bond acceptors (Lipinski definition) is 3. The van der Waals surface area contributed by atoms with Gasteiger partial charge in [-0.05, 0) is 37.7 Å². The summed E-state index contributed by atoms with van der Waals surface area (Å²) in [6.45, 7) is 2.22. The minimum absolute atomic E-state index is 0.216. The molecule has 1 aliphatic rings. The van der Waals surface area contributed by atoms with Gasteiger partial charge in [-0.2, -0.15) is 5.10 Å². The first-order chi connectivity index (χ1) is 10.1. The average molecular weight is 321 g/mol. The van der Waals surface area contributed by atoms with E-state index in [4.69, 9.17) is 11.6 Å². The Morgan fingerprint density at radius 2 is 2.24 bits per heavy atom. The fraction of sp³-hybridized carbons (Fsp3) is 0.375. The molecular formula is C16H17ClN2OS. The van der Waals surface area contributed by atoms with Crippen LogP contribution in [0.4, 0.5) is 0 Å². The van der Waals surface area contributed by atoms with Gasteiger partial charge in [0.15, 0.2) is 0 Å².